The monoisotopic (exact) mass is 426 g/mol. The number of pyridine rings is 1. The molecule has 1 fully saturated rings. The van der Waals surface area contributed by atoms with Gasteiger partial charge < -0.3 is 15.5 Å². The smallest absolute Gasteiger partial charge is 0.247 e. The van der Waals surface area contributed by atoms with Crippen molar-refractivity contribution < 1.29 is 9.59 Å². The molecule has 0 bridgehead atoms. The minimum Gasteiger partial charge on any atom is -0.398 e. The van der Waals surface area contributed by atoms with Gasteiger partial charge in [0.2, 0.25) is 11.8 Å². The third-order valence-corrected chi connectivity index (χ3v) is 6.03. The van der Waals surface area contributed by atoms with Crippen LogP contribution >= 0.6 is 22.9 Å². The number of rotatable bonds is 4. The van der Waals surface area contributed by atoms with Crippen LogP contribution in [0.25, 0.3) is 17.0 Å². The molecule has 1 saturated heterocycles. The number of nitrogen functional groups attached to an aromatic ring is 1. The number of halogens is 1. The molecule has 2 aromatic heterocycles. The molecule has 1 aliphatic rings. The zero-order valence-corrected chi connectivity index (χ0v) is 17.1. The highest BCUT2D eigenvalue weighted by atomic mass is 35.5. The number of carbonyl (C=O) groups is 2. The van der Waals surface area contributed by atoms with Crippen LogP contribution < -0.4 is 5.73 Å². The van der Waals surface area contributed by atoms with Gasteiger partial charge >= 0.3 is 0 Å². The first kappa shape index (κ1) is 19.4. The van der Waals surface area contributed by atoms with E-state index in [0.717, 1.165) is 21.3 Å². The minimum atomic E-state index is -0.173. The number of fused-ring (bicyclic) bond motifs is 1. The number of benzene rings is 1. The van der Waals surface area contributed by atoms with Gasteiger partial charge in [0.05, 0.1) is 9.85 Å². The maximum absolute atomic E-state index is 12.6. The number of nitrogens with zero attached hydrogens (tertiary/aromatic N) is 3. The van der Waals surface area contributed by atoms with Crippen LogP contribution in [0.4, 0.5) is 5.69 Å². The summed E-state index contributed by atoms with van der Waals surface area (Å²) in [5.41, 5.74) is 8.44. The van der Waals surface area contributed by atoms with E-state index < -0.39 is 0 Å². The number of hydrogen-bond donors (Lipinski definition) is 1. The standard InChI is InChI=1S/C21H19ClN4O2S/c22-19-5-2-15(29-19)3-6-20(27)26-10-9-25(21(28)13-26)12-14-1-4-16-17(23)7-8-24-18(16)11-14/h1-8,11H,9-10,12-13H2,(H2,23,24). The molecule has 8 heteroatoms. The normalized spacial score (nSPS) is 14.9. The summed E-state index contributed by atoms with van der Waals surface area (Å²) in [7, 11) is 0. The van der Waals surface area contributed by atoms with Crippen molar-refractivity contribution in [2.45, 2.75) is 6.54 Å². The summed E-state index contributed by atoms with van der Waals surface area (Å²) in [5.74, 6) is -0.245. The fraction of sp³-hybridized carbons (Fsp3) is 0.190. The predicted octanol–water partition coefficient (Wildman–Crippen LogP) is 3.42. The molecular weight excluding hydrogens is 408 g/mol. The molecule has 6 nitrogen and oxygen atoms in total. The number of nitrogens with two attached hydrogens (primary N) is 1. The van der Waals surface area contributed by atoms with Crippen LogP contribution in [0.2, 0.25) is 4.34 Å². The fourth-order valence-corrected chi connectivity index (χ4v) is 4.24. The zero-order chi connectivity index (χ0) is 20.4. The van der Waals surface area contributed by atoms with Gasteiger partial charge in [-0.05, 0) is 35.9 Å². The SMILES string of the molecule is Nc1ccnc2cc(CN3CCN(C(=O)C=Cc4ccc(Cl)s4)CC3=O)ccc12. The molecule has 0 spiro atoms. The first-order valence-corrected chi connectivity index (χ1v) is 10.3. The fourth-order valence-electron chi connectivity index (χ4n) is 3.28. The lowest BCUT2D eigenvalue weighted by Gasteiger charge is -2.34. The largest absolute Gasteiger partial charge is 0.398 e. The lowest BCUT2D eigenvalue weighted by atomic mass is 10.1. The summed E-state index contributed by atoms with van der Waals surface area (Å²) in [6.45, 7) is 1.55. The Balaban J connectivity index is 1.38. The van der Waals surface area contributed by atoms with E-state index in [1.807, 2.05) is 24.3 Å². The number of anilines is 1. The van der Waals surface area contributed by atoms with Crippen molar-refractivity contribution >= 4 is 57.4 Å². The Morgan fingerprint density at radius 3 is 2.86 bits per heavy atom. The zero-order valence-electron chi connectivity index (χ0n) is 15.5. The molecule has 0 saturated carbocycles. The van der Waals surface area contributed by atoms with Crippen LogP contribution in [0.3, 0.4) is 0 Å². The predicted molar refractivity (Wildman–Crippen MR) is 117 cm³/mol. The van der Waals surface area contributed by atoms with E-state index in [1.54, 1.807) is 34.2 Å². The van der Waals surface area contributed by atoms with E-state index in [-0.39, 0.29) is 18.4 Å². The molecule has 148 valence electrons. The summed E-state index contributed by atoms with van der Waals surface area (Å²) in [6, 6.07) is 11.2. The van der Waals surface area contributed by atoms with Crippen molar-refractivity contribution in [2.24, 2.45) is 0 Å². The average Bonchev–Trinajstić information content (AvgIpc) is 3.13. The Morgan fingerprint density at radius 1 is 1.24 bits per heavy atom. The lowest BCUT2D eigenvalue weighted by Crippen LogP contribution is -2.51. The van der Waals surface area contributed by atoms with E-state index in [9.17, 15) is 9.59 Å². The van der Waals surface area contributed by atoms with Gasteiger partial charge in [-0.25, -0.2) is 0 Å². The van der Waals surface area contributed by atoms with E-state index in [0.29, 0.717) is 29.7 Å². The first-order valence-electron chi connectivity index (χ1n) is 9.13. The van der Waals surface area contributed by atoms with Gasteiger partial charge in [0.1, 0.15) is 6.54 Å². The number of carbonyl (C=O) groups excluding carboxylic acids is 2. The maximum atomic E-state index is 12.6. The van der Waals surface area contributed by atoms with Gasteiger partial charge in [0.15, 0.2) is 0 Å². The van der Waals surface area contributed by atoms with Crippen LogP contribution in [0.15, 0.2) is 48.7 Å². The van der Waals surface area contributed by atoms with E-state index in [2.05, 4.69) is 4.98 Å². The second-order valence-corrected chi connectivity index (χ2v) is 8.55. The molecule has 2 amide bonds. The Bertz CT molecular complexity index is 1110. The molecule has 2 N–H and O–H groups in total. The molecule has 1 aromatic carbocycles. The highest BCUT2D eigenvalue weighted by Gasteiger charge is 2.26. The average molecular weight is 427 g/mol. The molecule has 29 heavy (non-hydrogen) atoms. The number of thiophene rings is 1. The van der Waals surface area contributed by atoms with Crippen LogP contribution in [0.5, 0.6) is 0 Å². The molecule has 0 unspecified atom stereocenters. The van der Waals surface area contributed by atoms with Gasteiger partial charge in [-0.1, -0.05) is 23.7 Å². The van der Waals surface area contributed by atoms with Crippen molar-refractivity contribution in [1.82, 2.24) is 14.8 Å². The Kier molecular flexibility index (Phi) is 5.51. The summed E-state index contributed by atoms with van der Waals surface area (Å²) >= 11 is 7.29. The van der Waals surface area contributed by atoms with Crippen LogP contribution in [0.1, 0.15) is 10.4 Å². The van der Waals surface area contributed by atoms with Gasteiger partial charge in [0, 0.05) is 47.9 Å². The summed E-state index contributed by atoms with van der Waals surface area (Å²) in [4.78, 5) is 33.5. The van der Waals surface area contributed by atoms with Crippen molar-refractivity contribution in [2.75, 3.05) is 25.4 Å². The van der Waals surface area contributed by atoms with Crippen LogP contribution in [-0.2, 0) is 16.1 Å². The van der Waals surface area contributed by atoms with Crippen LogP contribution in [0, 0.1) is 0 Å². The molecule has 0 atom stereocenters. The van der Waals surface area contributed by atoms with Crippen molar-refractivity contribution in [1.29, 1.82) is 0 Å². The Morgan fingerprint density at radius 2 is 2.10 bits per heavy atom. The number of piperazine rings is 1. The third kappa shape index (κ3) is 4.41. The second kappa shape index (κ2) is 8.23. The lowest BCUT2D eigenvalue weighted by molar-refractivity contribution is -0.143. The molecule has 1 aliphatic heterocycles. The molecule has 0 aliphatic carbocycles. The summed E-state index contributed by atoms with van der Waals surface area (Å²) in [6.07, 6.45) is 4.89. The quantitative estimate of drug-likeness (QED) is 0.648. The molecule has 3 aromatic rings. The third-order valence-electron chi connectivity index (χ3n) is 4.83. The number of amides is 2. The van der Waals surface area contributed by atoms with Crippen molar-refractivity contribution in [3.63, 3.8) is 0 Å². The van der Waals surface area contributed by atoms with E-state index in [1.165, 1.54) is 17.4 Å². The molecule has 3 heterocycles. The van der Waals surface area contributed by atoms with Gasteiger partial charge in [0.25, 0.3) is 0 Å². The molecule has 4 rings (SSSR count). The Labute approximate surface area is 177 Å². The first-order chi connectivity index (χ1) is 14.0. The maximum Gasteiger partial charge on any atom is 0.247 e. The summed E-state index contributed by atoms with van der Waals surface area (Å²) in [5, 5.41) is 0.900. The summed E-state index contributed by atoms with van der Waals surface area (Å²) < 4.78 is 0.674. The topological polar surface area (TPSA) is 79.5 Å². The molecular formula is C21H19ClN4O2S. The van der Waals surface area contributed by atoms with Crippen molar-refractivity contribution in [3.8, 4) is 0 Å². The second-order valence-electron chi connectivity index (χ2n) is 6.80. The van der Waals surface area contributed by atoms with Crippen molar-refractivity contribution in [3.05, 3.63) is 63.4 Å². The number of hydrogen-bond acceptors (Lipinski definition) is 5. The number of aromatic nitrogens is 1. The van der Waals surface area contributed by atoms with E-state index >= 15 is 0 Å². The minimum absolute atomic E-state index is 0.0715. The van der Waals surface area contributed by atoms with Gasteiger partial charge in [-0.3, -0.25) is 14.6 Å². The highest BCUT2D eigenvalue weighted by Crippen LogP contribution is 2.23. The van der Waals surface area contributed by atoms with Gasteiger partial charge in [-0.2, -0.15) is 0 Å². The van der Waals surface area contributed by atoms with Gasteiger partial charge in [-0.15, -0.1) is 11.3 Å². The Hall–Kier alpha value is -2.90. The van der Waals surface area contributed by atoms with Crippen LogP contribution in [-0.4, -0.2) is 46.2 Å². The molecule has 0 radical (unpaired) electrons. The highest BCUT2D eigenvalue weighted by molar-refractivity contribution is 7.17. The van der Waals surface area contributed by atoms with E-state index in [4.69, 9.17) is 17.3 Å².